The van der Waals surface area contributed by atoms with Gasteiger partial charge in [-0.3, -0.25) is 9.89 Å². The molecule has 1 heterocycles. The number of allylic oxidation sites excluding steroid dienone is 1. The Labute approximate surface area is 124 Å². The highest BCUT2D eigenvalue weighted by atomic mass is 15.3. The molecular weight excluding hydrogens is 248 g/mol. The monoisotopic (exact) mass is 280 g/mol. The van der Waals surface area contributed by atoms with Crippen molar-refractivity contribution in [2.75, 3.05) is 40.3 Å². The van der Waals surface area contributed by atoms with E-state index in [0.29, 0.717) is 6.04 Å². The molecule has 0 aromatic heterocycles. The second-order valence-corrected chi connectivity index (χ2v) is 5.59. The fourth-order valence-electron chi connectivity index (χ4n) is 2.81. The molecule has 1 rings (SSSR count). The van der Waals surface area contributed by atoms with Crippen LogP contribution in [-0.2, 0) is 0 Å². The number of nitrogens with one attached hydrogen (secondary N) is 1. The summed E-state index contributed by atoms with van der Waals surface area (Å²) in [5.41, 5.74) is 0. The van der Waals surface area contributed by atoms with E-state index in [0.717, 1.165) is 31.9 Å². The van der Waals surface area contributed by atoms with Crippen molar-refractivity contribution in [2.45, 2.75) is 45.1 Å². The van der Waals surface area contributed by atoms with Crippen LogP contribution in [0.5, 0.6) is 0 Å². The van der Waals surface area contributed by atoms with Gasteiger partial charge in [-0.15, -0.1) is 6.58 Å². The van der Waals surface area contributed by atoms with E-state index in [2.05, 4.69) is 40.7 Å². The van der Waals surface area contributed by atoms with Gasteiger partial charge < -0.3 is 10.2 Å². The van der Waals surface area contributed by atoms with Crippen molar-refractivity contribution < 1.29 is 0 Å². The average Bonchev–Trinajstić information content (AvgIpc) is 2.98. The third kappa shape index (κ3) is 5.53. The van der Waals surface area contributed by atoms with E-state index in [4.69, 9.17) is 0 Å². The molecule has 0 bridgehead atoms. The lowest BCUT2D eigenvalue weighted by Crippen LogP contribution is -2.46. The summed E-state index contributed by atoms with van der Waals surface area (Å²) in [5, 5.41) is 3.53. The Bertz CT molecular complexity index is 295. The molecule has 0 amide bonds. The van der Waals surface area contributed by atoms with Crippen LogP contribution in [-0.4, -0.2) is 62.1 Å². The minimum atomic E-state index is 0.635. The van der Waals surface area contributed by atoms with Gasteiger partial charge >= 0.3 is 0 Å². The highest BCUT2D eigenvalue weighted by Crippen LogP contribution is 2.13. The standard InChI is InChI=1S/C16H32N4/c1-5-7-8-11-19(4)16(17-3)18-14-15(6-2)20-12-9-10-13-20/h5,15H,1,6-14H2,2-4H3,(H,17,18). The molecule has 1 fully saturated rings. The van der Waals surface area contributed by atoms with Crippen molar-refractivity contribution in [1.82, 2.24) is 15.1 Å². The topological polar surface area (TPSA) is 30.9 Å². The van der Waals surface area contributed by atoms with E-state index in [-0.39, 0.29) is 0 Å². The summed E-state index contributed by atoms with van der Waals surface area (Å²) in [6.07, 6.45) is 8.07. The second kappa shape index (κ2) is 9.81. The molecule has 1 aliphatic rings. The van der Waals surface area contributed by atoms with Gasteiger partial charge in [-0.1, -0.05) is 13.0 Å². The summed E-state index contributed by atoms with van der Waals surface area (Å²) in [6.45, 7) is 10.6. The Morgan fingerprint density at radius 2 is 2.15 bits per heavy atom. The van der Waals surface area contributed by atoms with E-state index in [1.807, 2.05) is 13.1 Å². The molecule has 1 saturated heterocycles. The van der Waals surface area contributed by atoms with Crippen molar-refractivity contribution in [3.63, 3.8) is 0 Å². The van der Waals surface area contributed by atoms with Crippen molar-refractivity contribution in [1.29, 1.82) is 0 Å². The quantitative estimate of drug-likeness (QED) is 0.320. The number of hydrogen-bond donors (Lipinski definition) is 1. The average molecular weight is 280 g/mol. The summed E-state index contributed by atoms with van der Waals surface area (Å²) in [6, 6.07) is 0.635. The number of guanidine groups is 1. The summed E-state index contributed by atoms with van der Waals surface area (Å²) < 4.78 is 0. The largest absolute Gasteiger partial charge is 0.355 e. The highest BCUT2D eigenvalue weighted by Gasteiger charge is 2.20. The fraction of sp³-hybridized carbons (Fsp3) is 0.812. The third-order valence-electron chi connectivity index (χ3n) is 4.10. The van der Waals surface area contributed by atoms with Crippen LogP contribution in [0.15, 0.2) is 17.6 Å². The molecule has 116 valence electrons. The van der Waals surface area contributed by atoms with Crippen molar-refractivity contribution in [3.05, 3.63) is 12.7 Å². The number of rotatable bonds is 8. The molecule has 0 radical (unpaired) electrons. The Morgan fingerprint density at radius 1 is 1.45 bits per heavy atom. The normalized spacial score (nSPS) is 18.1. The van der Waals surface area contributed by atoms with Crippen LogP contribution in [0, 0.1) is 0 Å². The third-order valence-corrected chi connectivity index (χ3v) is 4.10. The molecule has 0 aliphatic carbocycles. The van der Waals surface area contributed by atoms with Crippen LogP contribution in [0.3, 0.4) is 0 Å². The minimum Gasteiger partial charge on any atom is -0.355 e. The molecule has 1 aliphatic heterocycles. The van der Waals surface area contributed by atoms with Crippen LogP contribution in [0.1, 0.15) is 39.0 Å². The van der Waals surface area contributed by atoms with Crippen LogP contribution in [0.2, 0.25) is 0 Å². The predicted molar refractivity (Wildman–Crippen MR) is 88.3 cm³/mol. The molecular formula is C16H32N4. The predicted octanol–water partition coefficient (Wildman–Crippen LogP) is 2.33. The van der Waals surface area contributed by atoms with Crippen LogP contribution in [0.4, 0.5) is 0 Å². The number of nitrogens with zero attached hydrogens (tertiary/aromatic N) is 3. The molecule has 0 spiro atoms. The first kappa shape index (κ1) is 17.0. The van der Waals surface area contributed by atoms with E-state index < -0.39 is 0 Å². The molecule has 1 atom stereocenters. The zero-order valence-electron chi connectivity index (χ0n) is 13.6. The van der Waals surface area contributed by atoms with Crippen molar-refractivity contribution in [2.24, 2.45) is 4.99 Å². The zero-order chi connectivity index (χ0) is 14.8. The smallest absolute Gasteiger partial charge is 0.193 e. The second-order valence-electron chi connectivity index (χ2n) is 5.59. The Morgan fingerprint density at radius 3 is 2.70 bits per heavy atom. The Balaban J connectivity index is 2.36. The van der Waals surface area contributed by atoms with Gasteiger partial charge in [0.25, 0.3) is 0 Å². The maximum atomic E-state index is 4.39. The number of aliphatic imine (C=N–C) groups is 1. The SMILES string of the molecule is C=CCCCN(C)C(=NC)NCC(CC)N1CCCC1. The van der Waals surface area contributed by atoms with E-state index in [9.17, 15) is 0 Å². The van der Waals surface area contributed by atoms with Gasteiger partial charge in [0.05, 0.1) is 0 Å². The van der Waals surface area contributed by atoms with Gasteiger partial charge in [-0.05, 0) is 45.2 Å². The van der Waals surface area contributed by atoms with Crippen molar-refractivity contribution >= 4 is 5.96 Å². The number of unbranched alkanes of at least 4 members (excludes halogenated alkanes) is 1. The summed E-state index contributed by atoms with van der Waals surface area (Å²) in [5.74, 6) is 1.01. The summed E-state index contributed by atoms with van der Waals surface area (Å²) in [7, 11) is 3.97. The van der Waals surface area contributed by atoms with E-state index >= 15 is 0 Å². The first-order valence-corrected chi connectivity index (χ1v) is 7.99. The minimum absolute atomic E-state index is 0.635. The van der Waals surface area contributed by atoms with Gasteiger partial charge in [0.1, 0.15) is 0 Å². The highest BCUT2D eigenvalue weighted by molar-refractivity contribution is 5.79. The summed E-state index contributed by atoms with van der Waals surface area (Å²) >= 11 is 0. The van der Waals surface area contributed by atoms with Gasteiger partial charge in [-0.25, -0.2) is 0 Å². The molecule has 0 saturated carbocycles. The first-order valence-electron chi connectivity index (χ1n) is 7.99. The zero-order valence-corrected chi connectivity index (χ0v) is 13.6. The molecule has 1 N–H and O–H groups in total. The molecule has 1 unspecified atom stereocenters. The van der Waals surface area contributed by atoms with Crippen LogP contribution < -0.4 is 5.32 Å². The van der Waals surface area contributed by atoms with Gasteiger partial charge in [-0.2, -0.15) is 0 Å². The van der Waals surface area contributed by atoms with E-state index in [1.54, 1.807) is 0 Å². The molecule has 4 nitrogen and oxygen atoms in total. The van der Waals surface area contributed by atoms with Gasteiger partial charge in [0.2, 0.25) is 0 Å². The molecule has 4 heteroatoms. The molecule has 20 heavy (non-hydrogen) atoms. The fourth-order valence-corrected chi connectivity index (χ4v) is 2.81. The first-order chi connectivity index (χ1) is 9.72. The van der Waals surface area contributed by atoms with Crippen LogP contribution >= 0.6 is 0 Å². The molecule has 0 aromatic carbocycles. The lowest BCUT2D eigenvalue weighted by Gasteiger charge is -2.29. The van der Waals surface area contributed by atoms with Crippen LogP contribution in [0.25, 0.3) is 0 Å². The maximum Gasteiger partial charge on any atom is 0.193 e. The molecule has 0 aromatic rings. The van der Waals surface area contributed by atoms with Gasteiger partial charge in [0.15, 0.2) is 5.96 Å². The number of likely N-dealkylation sites (tertiary alicyclic amines) is 1. The Hall–Kier alpha value is -1.03. The maximum absolute atomic E-state index is 4.39. The lowest BCUT2D eigenvalue weighted by molar-refractivity contribution is 0.235. The van der Waals surface area contributed by atoms with Crippen molar-refractivity contribution in [3.8, 4) is 0 Å². The van der Waals surface area contributed by atoms with Gasteiger partial charge in [0, 0.05) is 33.2 Å². The van der Waals surface area contributed by atoms with E-state index in [1.165, 1.54) is 32.4 Å². The lowest BCUT2D eigenvalue weighted by atomic mass is 10.2. The number of hydrogen-bond acceptors (Lipinski definition) is 2. The summed E-state index contributed by atoms with van der Waals surface area (Å²) in [4.78, 5) is 9.20. The Kier molecular flexibility index (Phi) is 8.35.